The lowest BCUT2D eigenvalue weighted by Gasteiger charge is -2.41. The second-order valence-corrected chi connectivity index (χ2v) is 6.60. The molecule has 1 aromatic carbocycles. The van der Waals surface area contributed by atoms with Gasteiger partial charge in [-0.3, -0.25) is 0 Å². The van der Waals surface area contributed by atoms with Gasteiger partial charge in [0, 0.05) is 5.54 Å². The van der Waals surface area contributed by atoms with Crippen LogP contribution in [-0.4, -0.2) is 25.0 Å². The molecule has 104 valence electrons. The molecule has 1 aliphatic carbocycles. The molecule has 0 atom stereocenters. The van der Waals surface area contributed by atoms with Gasteiger partial charge in [0.2, 0.25) is 10.0 Å². The molecule has 1 fully saturated rings. The van der Waals surface area contributed by atoms with E-state index in [2.05, 4.69) is 4.72 Å². The van der Waals surface area contributed by atoms with Gasteiger partial charge in [-0.25, -0.2) is 17.9 Å². The van der Waals surface area contributed by atoms with Gasteiger partial charge < -0.3 is 5.11 Å². The van der Waals surface area contributed by atoms with E-state index in [4.69, 9.17) is 5.11 Å². The predicted molar refractivity (Wildman–Crippen MR) is 70.6 cm³/mol. The van der Waals surface area contributed by atoms with Gasteiger partial charge in [0.25, 0.3) is 0 Å². The molecular formula is C13H17NO4S. The maximum absolute atomic E-state index is 12.2. The lowest BCUT2D eigenvalue weighted by molar-refractivity contribution is 0.0696. The third kappa shape index (κ3) is 2.79. The summed E-state index contributed by atoms with van der Waals surface area (Å²) in [7, 11) is -3.58. The number of carboxylic acid groups (broad SMARTS) is 1. The van der Waals surface area contributed by atoms with Crippen LogP contribution in [0.25, 0.3) is 0 Å². The number of aromatic carboxylic acids is 1. The summed E-state index contributed by atoms with van der Waals surface area (Å²) in [6.07, 6.45) is 3.51. The summed E-state index contributed by atoms with van der Waals surface area (Å²) in [4.78, 5) is 10.8. The summed E-state index contributed by atoms with van der Waals surface area (Å²) < 4.78 is 27.2. The first kappa shape index (κ1) is 14.0. The highest BCUT2D eigenvalue weighted by Crippen LogP contribution is 2.36. The third-order valence-corrected chi connectivity index (χ3v) is 5.34. The summed E-state index contributed by atoms with van der Waals surface area (Å²) in [6, 6.07) is 5.26. The average molecular weight is 283 g/mol. The zero-order valence-corrected chi connectivity index (χ0v) is 11.5. The fraction of sp³-hybridized carbons (Fsp3) is 0.462. The van der Waals surface area contributed by atoms with Gasteiger partial charge in [0.1, 0.15) is 0 Å². The van der Waals surface area contributed by atoms with Crippen molar-refractivity contribution in [2.24, 2.45) is 0 Å². The molecule has 1 aliphatic rings. The highest BCUT2D eigenvalue weighted by Gasteiger charge is 2.39. The molecule has 6 heteroatoms. The van der Waals surface area contributed by atoms with Crippen LogP contribution < -0.4 is 4.72 Å². The number of nitrogens with one attached hydrogen (secondary N) is 1. The molecule has 1 aromatic rings. The Morgan fingerprint density at radius 1 is 1.32 bits per heavy atom. The molecule has 5 nitrogen and oxygen atoms in total. The number of benzene rings is 1. The minimum Gasteiger partial charge on any atom is -0.478 e. The van der Waals surface area contributed by atoms with Crippen LogP contribution in [-0.2, 0) is 10.0 Å². The SMILES string of the molecule is CCC1(NS(=O)(=O)c2ccc(C(=O)O)cc2)CCC1. The minimum absolute atomic E-state index is 0.0767. The van der Waals surface area contributed by atoms with Crippen molar-refractivity contribution in [3.8, 4) is 0 Å². The molecule has 19 heavy (non-hydrogen) atoms. The lowest BCUT2D eigenvalue weighted by atomic mass is 9.76. The number of carboxylic acids is 1. The second kappa shape index (κ2) is 4.94. The first-order valence-electron chi connectivity index (χ1n) is 6.26. The van der Waals surface area contributed by atoms with Crippen LogP contribution in [0.1, 0.15) is 43.0 Å². The summed E-state index contributed by atoms with van der Waals surface area (Å²) >= 11 is 0. The molecule has 0 heterocycles. The summed E-state index contributed by atoms with van der Waals surface area (Å²) in [5, 5.41) is 8.79. The maximum Gasteiger partial charge on any atom is 0.335 e. The van der Waals surface area contributed by atoms with E-state index in [1.807, 2.05) is 6.92 Å². The van der Waals surface area contributed by atoms with E-state index in [-0.39, 0.29) is 16.0 Å². The van der Waals surface area contributed by atoms with Crippen LogP contribution in [0.15, 0.2) is 29.2 Å². The normalized spacial score (nSPS) is 17.7. The van der Waals surface area contributed by atoms with Gasteiger partial charge in [-0.1, -0.05) is 6.92 Å². The Hall–Kier alpha value is -1.40. The maximum atomic E-state index is 12.2. The van der Waals surface area contributed by atoms with E-state index in [9.17, 15) is 13.2 Å². The highest BCUT2D eigenvalue weighted by atomic mass is 32.2. The summed E-state index contributed by atoms with van der Waals surface area (Å²) in [6.45, 7) is 1.97. The van der Waals surface area contributed by atoms with Gasteiger partial charge in [-0.05, 0) is 49.9 Å². The Kier molecular flexibility index (Phi) is 3.64. The van der Waals surface area contributed by atoms with Crippen molar-refractivity contribution in [3.63, 3.8) is 0 Å². The fourth-order valence-corrected chi connectivity index (χ4v) is 3.78. The molecule has 2 N–H and O–H groups in total. The minimum atomic E-state index is -3.58. The quantitative estimate of drug-likeness (QED) is 0.865. The lowest BCUT2D eigenvalue weighted by Crippen LogP contribution is -2.52. The molecular weight excluding hydrogens is 266 g/mol. The summed E-state index contributed by atoms with van der Waals surface area (Å²) in [5.41, 5.74) is -0.239. The molecule has 0 saturated heterocycles. The van der Waals surface area contributed by atoms with E-state index in [1.54, 1.807) is 0 Å². The molecule has 0 amide bonds. The predicted octanol–water partition coefficient (Wildman–Crippen LogP) is 2.00. The van der Waals surface area contributed by atoms with Gasteiger partial charge >= 0.3 is 5.97 Å². The van der Waals surface area contributed by atoms with Crippen LogP contribution >= 0.6 is 0 Å². The van der Waals surface area contributed by atoms with E-state index in [0.29, 0.717) is 0 Å². The van der Waals surface area contributed by atoms with Crippen molar-refractivity contribution >= 4 is 16.0 Å². The number of carbonyl (C=O) groups is 1. The molecule has 0 aromatic heterocycles. The Balaban J connectivity index is 2.22. The van der Waals surface area contributed by atoms with Crippen molar-refractivity contribution in [3.05, 3.63) is 29.8 Å². The number of hydrogen-bond donors (Lipinski definition) is 2. The zero-order valence-electron chi connectivity index (χ0n) is 10.7. The Bertz CT molecular complexity index is 568. The standard InChI is InChI=1S/C13H17NO4S/c1-2-13(8-3-9-13)14-19(17,18)11-6-4-10(5-7-11)12(15)16/h4-7,14H,2-3,8-9H2,1H3,(H,15,16). The molecule has 1 saturated carbocycles. The zero-order chi connectivity index (χ0) is 14.1. The van der Waals surface area contributed by atoms with E-state index >= 15 is 0 Å². The van der Waals surface area contributed by atoms with Gasteiger partial charge in [0.15, 0.2) is 0 Å². The fourth-order valence-electron chi connectivity index (χ4n) is 2.25. The van der Waals surface area contributed by atoms with Crippen molar-refractivity contribution in [2.75, 3.05) is 0 Å². The third-order valence-electron chi connectivity index (χ3n) is 3.75. The van der Waals surface area contributed by atoms with Crippen molar-refractivity contribution in [2.45, 2.75) is 43.0 Å². The van der Waals surface area contributed by atoms with Gasteiger partial charge in [-0.2, -0.15) is 0 Å². The van der Waals surface area contributed by atoms with Crippen molar-refractivity contribution < 1.29 is 18.3 Å². The molecule has 0 spiro atoms. The van der Waals surface area contributed by atoms with E-state index in [0.717, 1.165) is 25.7 Å². The van der Waals surface area contributed by atoms with Crippen LogP contribution in [0, 0.1) is 0 Å². The molecule has 2 rings (SSSR count). The van der Waals surface area contributed by atoms with Crippen LogP contribution in [0.4, 0.5) is 0 Å². The Morgan fingerprint density at radius 3 is 2.26 bits per heavy atom. The van der Waals surface area contributed by atoms with Crippen molar-refractivity contribution in [1.29, 1.82) is 0 Å². The highest BCUT2D eigenvalue weighted by molar-refractivity contribution is 7.89. The van der Waals surface area contributed by atoms with Crippen LogP contribution in [0.5, 0.6) is 0 Å². The molecule has 0 bridgehead atoms. The number of sulfonamides is 1. The molecule has 0 radical (unpaired) electrons. The van der Waals surface area contributed by atoms with Crippen LogP contribution in [0.3, 0.4) is 0 Å². The van der Waals surface area contributed by atoms with Crippen LogP contribution in [0.2, 0.25) is 0 Å². The number of hydrogen-bond acceptors (Lipinski definition) is 3. The molecule has 0 aliphatic heterocycles. The van der Waals surface area contributed by atoms with E-state index in [1.165, 1.54) is 24.3 Å². The van der Waals surface area contributed by atoms with Crippen molar-refractivity contribution in [1.82, 2.24) is 4.72 Å². The summed E-state index contributed by atoms with van der Waals surface area (Å²) in [5.74, 6) is -1.07. The smallest absolute Gasteiger partial charge is 0.335 e. The average Bonchev–Trinajstić information content (AvgIpc) is 2.34. The van der Waals surface area contributed by atoms with E-state index < -0.39 is 16.0 Å². The van der Waals surface area contributed by atoms with Gasteiger partial charge in [0.05, 0.1) is 10.5 Å². The first-order chi connectivity index (χ1) is 8.88. The van der Waals surface area contributed by atoms with Gasteiger partial charge in [-0.15, -0.1) is 0 Å². The molecule has 0 unspecified atom stereocenters. The second-order valence-electron chi connectivity index (χ2n) is 4.92. The number of rotatable bonds is 5. The Labute approximate surface area is 112 Å². The largest absolute Gasteiger partial charge is 0.478 e. The first-order valence-corrected chi connectivity index (χ1v) is 7.74. The Morgan fingerprint density at radius 2 is 1.89 bits per heavy atom. The topological polar surface area (TPSA) is 83.5 Å². The monoisotopic (exact) mass is 283 g/mol.